The van der Waals surface area contributed by atoms with Gasteiger partial charge in [-0.25, -0.2) is 9.69 Å². The summed E-state index contributed by atoms with van der Waals surface area (Å²) >= 11 is 12.4. The molecule has 0 bridgehead atoms. The number of urea groups is 1. The van der Waals surface area contributed by atoms with Crippen LogP contribution in [0.5, 0.6) is 0 Å². The fraction of sp³-hybridized carbons (Fsp3) is 0.0417. The molecule has 1 heterocycles. The van der Waals surface area contributed by atoms with Gasteiger partial charge < -0.3 is 0 Å². The van der Waals surface area contributed by atoms with Crippen LogP contribution >= 0.6 is 23.2 Å². The highest BCUT2D eigenvalue weighted by atomic mass is 35.5. The van der Waals surface area contributed by atoms with Gasteiger partial charge in [0.25, 0.3) is 11.8 Å². The average Bonchev–Trinajstić information content (AvgIpc) is 2.75. The van der Waals surface area contributed by atoms with Crippen LogP contribution in [0.1, 0.15) is 16.7 Å². The number of halogens is 2. The lowest BCUT2D eigenvalue weighted by Gasteiger charge is -2.27. The first-order valence-electron chi connectivity index (χ1n) is 9.42. The highest BCUT2D eigenvalue weighted by Crippen LogP contribution is 2.29. The molecule has 0 radical (unpaired) electrons. The lowest BCUT2D eigenvalue weighted by molar-refractivity contribution is -0.122. The van der Waals surface area contributed by atoms with Gasteiger partial charge in [0.2, 0.25) is 0 Å². The number of nitrogens with zero attached hydrogens (tertiary/aromatic N) is 1. The minimum absolute atomic E-state index is 0.154. The van der Waals surface area contributed by atoms with E-state index in [9.17, 15) is 14.4 Å². The Morgan fingerprint density at radius 3 is 2.13 bits per heavy atom. The predicted molar refractivity (Wildman–Crippen MR) is 121 cm³/mol. The molecule has 0 unspecified atom stereocenters. The standard InChI is InChI=1S/C24H16Cl2N2O3/c25-19-6-2-1-5-17(19)13-15-9-11-16(12-10-15)14-18-22(29)27-24(31)28(23(18)30)21-8-4-3-7-20(21)26/h1-12,14H,13H2,(H,27,29,31)/b18-14+. The van der Waals surface area contributed by atoms with E-state index in [1.807, 2.05) is 36.4 Å². The van der Waals surface area contributed by atoms with Gasteiger partial charge in [-0.1, -0.05) is 77.8 Å². The molecule has 154 valence electrons. The summed E-state index contributed by atoms with van der Waals surface area (Å²) in [4.78, 5) is 38.4. The number of para-hydroxylation sites is 1. The molecule has 0 aliphatic carbocycles. The predicted octanol–water partition coefficient (Wildman–Crippen LogP) is 5.25. The molecule has 4 amide bonds. The van der Waals surface area contributed by atoms with Crippen LogP contribution < -0.4 is 10.2 Å². The summed E-state index contributed by atoms with van der Waals surface area (Å²) in [5.74, 6) is -1.49. The number of carbonyl (C=O) groups excluding carboxylic acids is 3. The van der Waals surface area contributed by atoms with Gasteiger partial charge in [-0.3, -0.25) is 14.9 Å². The van der Waals surface area contributed by atoms with E-state index in [2.05, 4.69) is 5.32 Å². The van der Waals surface area contributed by atoms with Crippen molar-refractivity contribution in [3.05, 3.63) is 105 Å². The maximum absolute atomic E-state index is 13.0. The van der Waals surface area contributed by atoms with Gasteiger partial charge in [0.1, 0.15) is 5.57 Å². The number of nitrogens with one attached hydrogen (secondary N) is 1. The minimum Gasteiger partial charge on any atom is -0.273 e. The number of rotatable bonds is 4. The van der Waals surface area contributed by atoms with Gasteiger partial charge >= 0.3 is 6.03 Å². The zero-order chi connectivity index (χ0) is 22.0. The number of amides is 4. The van der Waals surface area contributed by atoms with Crippen molar-refractivity contribution in [2.75, 3.05) is 4.90 Å². The van der Waals surface area contributed by atoms with E-state index >= 15 is 0 Å². The number of hydrogen-bond acceptors (Lipinski definition) is 3. The monoisotopic (exact) mass is 450 g/mol. The summed E-state index contributed by atoms with van der Waals surface area (Å²) in [6, 6.07) is 20.6. The Morgan fingerprint density at radius 1 is 0.806 bits per heavy atom. The van der Waals surface area contributed by atoms with Crippen LogP contribution in [0, 0.1) is 0 Å². The zero-order valence-corrected chi connectivity index (χ0v) is 17.7. The van der Waals surface area contributed by atoms with Gasteiger partial charge in [-0.2, -0.15) is 0 Å². The molecule has 1 aliphatic heterocycles. The second-order valence-corrected chi connectivity index (χ2v) is 7.73. The van der Waals surface area contributed by atoms with E-state index in [0.29, 0.717) is 17.0 Å². The SMILES string of the molecule is O=C1NC(=O)N(c2ccccc2Cl)C(=O)/C1=C/c1ccc(Cc2ccccc2Cl)cc1. The molecule has 5 nitrogen and oxygen atoms in total. The van der Waals surface area contributed by atoms with Crippen molar-refractivity contribution in [2.24, 2.45) is 0 Å². The fourth-order valence-corrected chi connectivity index (χ4v) is 3.69. The molecule has 7 heteroatoms. The number of carbonyl (C=O) groups is 3. The van der Waals surface area contributed by atoms with Crippen LogP contribution in [0.25, 0.3) is 6.08 Å². The fourth-order valence-electron chi connectivity index (χ4n) is 3.27. The van der Waals surface area contributed by atoms with E-state index in [0.717, 1.165) is 16.0 Å². The number of benzene rings is 3. The molecule has 1 aliphatic rings. The average molecular weight is 451 g/mol. The van der Waals surface area contributed by atoms with Crippen LogP contribution in [0.4, 0.5) is 10.5 Å². The molecule has 0 aromatic heterocycles. The highest BCUT2D eigenvalue weighted by molar-refractivity contribution is 6.42. The summed E-state index contributed by atoms with van der Waals surface area (Å²) in [7, 11) is 0. The summed E-state index contributed by atoms with van der Waals surface area (Å²) < 4.78 is 0. The first-order chi connectivity index (χ1) is 14.9. The van der Waals surface area contributed by atoms with Crippen molar-refractivity contribution in [2.45, 2.75) is 6.42 Å². The van der Waals surface area contributed by atoms with E-state index in [4.69, 9.17) is 23.2 Å². The largest absolute Gasteiger partial charge is 0.335 e. The third kappa shape index (κ3) is 4.38. The first-order valence-corrected chi connectivity index (χ1v) is 10.2. The molecule has 4 rings (SSSR count). The summed E-state index contributed by atoms with van der Waals surface area (Å²) in [6.45, 7) is 0. The van der Waals surface area contributed by atoms with Gasteiger partial charge in [-0.05, 0) is 47.4 Å². The van der Waals surface area contributed by atoms with Crippen molar-refractivity contribution in [3.63, 3.8) is 0 Å². The summed E-state index contributed by atoms with van der Waals surface area (Å²) in [5, 5.41) is 3.11. The molecule has 0 spiro atoms. The Bertz CT molecular complexity index is 1220. The molecule has 1 fully saturated rings. The van der Waals surface area contributed by atoms with Crippen LogP contribution in [0.2, 0.25) is 10.0 Å². The van der Waals surface area contributed by atoms with Crippen molar-refractivity contribution >= 4 is 52.8 Å². The number of anilines is 1. The molecule has 1 N–H and O–H groups in total. The third-order valence-corrected chi connectivity index (χ3v) is 5.53. The third-order valence-electron chi connectivity index (χ3n) is 4.84. The van der Waals surface area contributed by atoms with Crippen molar-refractivity contribution in [1.29, 1.82) is 0 Å². The number of hydrogen-bond donors (Lipinski definition) is 1. The molecular weight excluding hydrogens is 435 g/mol. The second-order valence-electron chi connectivity index (χ2n) is 6.92. The molecule has 0 atom stereocenters. The van der Waals surface area contributed by atoms with Crippen molar-refractivity contribution in [3.8, 4) is 0 Å². The number of imide groups is 2. The van der Waals surface area contributed by atoms with Gasteiger partial charge in [-0.15, -0.1) is 0 Å². The zero-order valence-electron chi connectivity index (χ0n) is 16.1. The first kappa shape index (κ1) is 20.8. The lowest BCUT2D eigenvalue weighted by Crippen LogP contribution is -2.54. The highest BCUT2D eigenvalue weighted by Gasteiger charge is 2.37. The molecule has 1 saturated heterocycles. The Kier molecular flexibility index (Phi) is 5.89. The summed E-state index contributed by atoms with van der Waals surface area (Å²) in [6.07, 6.45) is 2.11. The van der Waals surface area contributed by atoms with E-state index < -0.39 is 17.8 Å². The molecular formula is C24H16Cl2N2O3. The Labute approximate surface area is 188 Å². The topological polar surface area (TPSA) is 66.5 Å². The molecule has 3 aromatic rings. The van der Waals surface area contributed by atoms with E-state index in [1.165, 1.54) is 12.1 Å². The van der Waals surface area contributed by atoms with Crippen LogP contribution in [-0.2, 0) is 16.0 Å². The van der Waals surface area contributed by atoms with Crippen LogP contribution in [0.15, 0.2) is 78.4 Å². The van der Waals surface area contributed by atoms with Gasteiger partial charge in [0, 0.05) is 5.02 Å². The lowest BCUT2D eigenvalue weighted by atomic mass is 10.0. The van der Waals surface area contributed by atoms with Crippen molar-refractivity contribution in [1.82, 2.24) is 5.32 Å². The molecule has 31 heavy (non-hydrogen) atoms. The maximum atomic E-state index is 13.0. The van der Waals surface area contributed by atoms with Crippen LogP contribution in [-0.4, -0.2) is 17.8 Å². The minimum atomic E-state index is -0.838. The van der Waals surface area contributed by atoms with E-state index in [1.54, 1.807) is 30.3 Å². The normalized spacial score (nSPS) is 15.4. The quantitative estimate of drug-likeness (QED) is 0.435. The number of barbiturate groups is 1. The van der Waals surface area contributed by atoms with Crippen LogP contribution in [0.3, 0.4) is 0 Å². The Balaban J connectivity index is 1.60. The molecule has 0 saturated carbocycles. The van der Waals surface area contributed by atoms with Crippen molar-refractivity contribution < 1.29 is 14.4 Å². The Morgan fingerprint density at radius 2 is 1.45 bits per heavy atom. The van der Waals surface area contributed by atoms with Gasteiger partial charge in [0.05, 0.1) is 10.7 Å². The second kappa shape index (κ2) is 8.76. The van der Waals surface area contributed by atoms with E-state index in [-0.39, 0.29) is 16.3 Å². The Hall–Kier alpha value is -3.41. The molecule has 3 aromatic carbocycles. The van der Waals surface area contributed by atoms with Gasteiger partial charge in [0.15, 0.2) is 0 Å². The maximum Gasteiger partial charge on any atom is 0.335 e. The smallest absolute Gasteiger partial charge is 0.273 e. The summed E-state index contributed by atoms with van der Waals surface area (Å²) in [5.41, 5.74) is 2.74.